The molecule has 0 unspecified atom stereocenters. The standard InChI is InChI=1S/C7H14NO/c1-4-5-8(6-9)7(2)3/h7H,4-5H2,1-3H3. The zero-order valence-electron chi connectivity index (χ0n) is 6.35. The average molecular weight is 128 g/mol. The van der Waals surface area contributed by atoms with Crippen molar-refractivity contribution in [3.63, 3.8) is 0 Å². The second kappa shape index (κ2) is 4.36. The van der Waals surface area contributed by atoms with Gasteiger partial charge in [-0.2, -0.15) is 0 Å². The van der Waals surface area contributed by atoms with E-state index in [1.165, 1.54) is 0 Å². The number of hydrogen-bond acceptors (Lipinski definition) is 1. The van der Waals surface area contributed by atoms with Crippen LogP contribution in [0.1, 0.15) is 27.2 Å². The molecule has 0 atom stereocenters. The Morgan fingerprint density at radius 2 is 2.11 bits per heavy atom. The highest BCUT2D eigenvalue weighted by molar-refractivity contribution is 5.48. The third kappa shape index (κ3) is 3.12. The molecule has 0 aliphatic heterocycles. The Morgan fingerprint density at radius 1 is 1.56 bits per heavy atom. The monoisotopic (exact) mass is 128 g/mol. The summed E-state index contributed by atoms with van der Waals surface area (Å²) in [6, 6.07) is 0.294. The van der Waals surface area contributed by atoms with Gasteiger partial charge in [0.05, 0.1) is 0 Å². The Labute approximate surface area is 56.9 Å². The largest absolute Gasteiger partial charge is 0.332 e. The first-order valence-electron chi connectivity index (χ1n) is 3.36. The van der Waals surface area contributed by atoms with E-state index < -0.39 is 0 Å². The predicted molar refractivity (Wildman–Crippen MR) is 37.8 cm³/mol. The molecule has 1 radical (unpaired) electrons. The Bertz CT molecular complexity index is 81.0. The second-order valence-electron chi connectivity index (χ2n) is 2.38. The van der Waals surface area contributed by atoms with Crippen LogP contribution < -0.4 is 0 Å². The minimum absolute atomic E-state index is 0.294. The molecule has 0 heterocycles. The first-order chi connectivity index (χ1) is 4.22. The highest BCUT2D eigenvalue weighted by Gasteiger charge is 2.03. The lowest BCUT2D eigenvalue weighted by Gasteiger charge is -2.18. The van der Waals surface area contributed by atoms with Crippen LogP contribution in [0.15, 0.2) is 0 Å². The molecule has 0 aromatic heterocycles. The van der Waals surface area contributed by atoms with Crippen molar-refractivity contribution in [2.45, 2.75) is 33.2 Å². The fourth-order valence-electron chi connectivity index (χ4n) is 0.650. The maximum Gasteiger partial charge on any atom is 0.312 e. The van der Waals surface area contributed by atoms with E-state index in [-0.39, 0.29) is 0 Å². The summed E-state index contributed by atoms with van der Waals surface area (Å²) >= 11 is 0. The van der Waals surface area contributed by atoms with E-state index in [0.717, 1.165) is 13.0 Å². The zero-order chi connectivity index (χ0) is 7.28. The summed E-state index contributed by atoms with van der Waals surface area (Å²) in [4.78, 5) is 11.8. The Morgan fingerprint density at radius 3 is 2.22 bits per heavy atom. The molecule has 0 bridgehead atoms. The third-order valence-corrected chi connectivity index (χ3v) is 1.21. The summed E-state index contributed by atoms with van der Waals surface area (Å²) in [6.45, 7) is 6.84. The SMILES string of the molecule is CCCN([C]=O)C(C)C. The normalized spacial score (nSPS) is 9.78. The van der Waals surface area contributed by atoms with Crippen LogP contribution in [0, 0.1) is 0 Å². The smallest absolute Gasteiger partial charge is 0.312 e. The van der Waals surface area contributed by atoms with Gasteiger partial charge in [0.1, 0.15) is 0 Å². The molecule has 0 aromatic carbocycles. The minimum Gasteiger partial charge on any atom is -0.332 e. The molecule has 53 valence electrons. The van der Waals surface area contributed by atoms with Gasteiger partial charge in [0, 0.05) is 12.6 Å². The molecule has 0 spiro atoms. The van der Waals surface area contributed by atoms with Crippen LogP contribution in [0.3, 0.4) is 0 Å². The maximum absolute atomic E-state index is 10.1. The molecule has 0 saturated heterocycles. The van der Waals surface area contributed by atoms with Crippen molar-refractivity contribution in [2.75, 3.05) is 6.54 Å². The van der Waals surface area contributed by atoms with Gasteiger partial charge in [0.2, 0.25) is 0 Å². The van der Waals surface area contributed by atoms with Gasteiger partial charge in [-0.05, 0) is 20.3 Å². The summed E-state index contributed by atoms with van der Waals surface area (Å²) in [6.07, 6.45) is 2.89. The number of amides is 1. The van der Waals surface area contributed by atoms with Crippen molar-refractivity contribution in [2.24, 2.45) is 0 Å². The van der Waals surface area contributed by atoms with Gasteiger partial charge in [0.25, 0.3) is 0 Å². The lowest BCUT2D eigenvalue weighted by Crippen LogP contribution is -2.29. The van der Waals surface area contributed by atoms with Gasteiger partial charge < -0.3 is 4.90 Å². The molecule has 0 N–H and O–H groups in total. The minimum atomic E-state index is 0.294. The first kappa shape index (κ1) is 8.47. The summed E-state index contributed by atoms with van der Waals surface area (Å²) < 4.78 is 0. The van der Waals surface area contributed by atoms with Crippen molar-refractivity contribution < 1.29 is 4.79 Å². The van der Waals surface area contributed by atoms with Gasteiger partial charge in [-0.15, -0.1) is 0 Å². The van der Waals surface area contributed by atoms with E-state index in [4.69, 9.17) is 0 Å². The second-order valence-corrected chi connectivity index (χ2v) is 2.38. The Kier molecular flexibility index (Phi) is 4.10. The van der Waals surface area contributed by atoms with Crippen molar-refractivity contribution in [1.82, 2.24) is 4.90 Å². The topological polar surface area (TPSA) is 20.3 Å². The van der Waals surface area contributed by atoms with Crippen LogP contribution in [0.4, 0.5) is 0 Å². The fraction of sp³-hybridized carbons (Fsp3) is 0.857. The van der Waals surface area contributed by atoms with Gasteiger partial charge in [-0.25, -0.2) is 0 Å². The molecular weight excluding hydrogens is 114 g/mol. The molecule has 1 amide bonds. The molecule has 0 saturated carbocycles. The molecule has 0 aliphatic rings. The summed E-state index contributed by atoms with van der Waals surface area (Å²) in [7, 11) is 0. The molecule has 2 heteroatoms. The van der Waals surface area contributed by atoms with Crippen molar-refractivity contribution in [1.29, 1.82) is 0 Å². The molecule has 2 nitrogen and oxygen atoms in total. The number of rotatable bonds is 4. The number of nitrogens with zero attached hydrogens (tertiary/aromatic N) is 1. The highest BCUT2D eigenvalue weighted by atomic mass is 16.1. The van der Waals surface area contributed by atoms with Gasteiger partial charge in [0.15, 0.2) is 0 Å². The molecule has 0 fully saturated rings. The van der Waals surface area contributed by atoms with E-state index in [1.807, 2.05) is 27.2 Å². The third-order valence-electron chi connectivity index (χ3n) is 1.21. The lowest BCUT2D eigenvalue weighted by molar-refractivity contribution is 0.325. The summed E-state index contributed by atoms with van der Waals surface area (Å²) in [5, 5.41) is 0. The quantitative estimate of drug-likeness (QED) is 0.520. The maximum atomic E-state index is 10.1. The van der Waals surface area contributed by atoms with Crippen molar-refractivity contribution in [3.05, 3.63) is 0 Å². The first-order valence-corrected chi connectivity index (χ1v) is 3.36. The predicted octanol–water partition coefficient (Wildman–Crippen LogP) is 1.17. The average Bonchev–Trinajstić information content (AvgIpc) is 1.82. The van der Waals surface area contributed by atoms with Gasteiger partial charge >= 0.3 is 6.41 Å². The van der Waals surface area contributed by atoms with Crippen LogP contribution in [-0.2, 0) is 4.79 Å². The lowest BCUT2D eigenvalue weighted by atomic mass is 10.3. The number of hydrogen-bond donors (Lipinski definition) is 0. The summed E-state index contributed by atoms with van der Waals surface area (Å²) in [5.41, 5.74) is 0. The van der Waals surface area contributed by atoms with E-state index in [2.05, 4.69) is 0 Å². The van der Waals surface area contributed by atoms with Crippen LogP contribution in [-0.4, -0.2) is 23.9 Å². The molecule has 0 rings (SSSR count). The van der Waals surface area contributed by atoms with Gasteiger partial charge in [-0.1, -0.05) is 6.92 Å². The Balaban J connectivity index is 3.54. The van der Waals surface area contributed by atoms with E-state index in [9.17, 15) is 4.79 Å². The molecule has 0 aromatic rings. The molecular formula is C7H14NO. The molecule has 9 heavy (non-hydrogen) atoms. The number of carbonyl (C=O) groups excluding carboxylic acids is 1. The fourth-order valence-corrected chi connectivity index (χ4v) is 0.650. The Hall–Kier alpha value is -0.530. The van der Waals surface area contributed by atoms with Crippen molar-refractivity contribution >= 4 is 6.41 Å². The van der Waals surface area contributed by atoms with Crippen LogP contribution >= 0.6 is 0 Å². The van der Waals surface area contributed by atoms with E-state index in [1.54, 1.807) is 4.90 Å². The molecule has 0 aliphatic carbocycles. The zero-order valence-corrected chi connectivity index (χ0v) is 6.35. The van der Waals surface area contributed by atoms with Crippen molar-refractivity contribution in [3.8, 4) is 0 Å². The van der Waals surface area contributed by atoms with Crippen LogP contribution in [0.25, 0.3) is 0 Å². The van der Waals surface area contributed by atoms with E-state index >= 15 is 0 Å². The van der Waals surface area contributed by atoms with E-state index in [0.29, 0.717) is 6.04 Å². The summed E-state index contributed by atoms with van der Waals surface area (Å²) in [5.74, 6) is 0. The van der Waals surface area contributed by atoms with Crippen LogP contribution in [0.5, 0.6) is 0 Å². The highest BCUT2D eigenvalue weighted by Crippen LogP contribution is 1.94. The van der Waals surface area contributed by atoms with Gasteiger partial charge in [-0.3, -0.25) is 4.79 Å². The van der Waals surface area contributed by atoms with Crippen LogP contribution in [0.2, 0.25) is 0 Å².